The summed E-state index contributed by atoms with van der Waals surface area (Å²) in [5.74, 6) is -1.83. The number of rotatable bonds is 3. The molecule has 1 saturated carbocycles. The summed E-state index contributed by atoms with van der Waals surface area (Å²) in [6.07, 6.45) is 5.19. The van der Waals surface area contributed by atoms with Crippen LogP contribution < -0.4 is 5.43 Å². The Hall–Kier alpha value is -2.51. The molecule has 1 atom stereocenters. The van der Waals surface area contributed by atoms with Crippen LogP contribution in [-0.4, -0.2) is 20.7 Å². The Morgan fingerprint density at radius 1 is 1.28 bits per heavy atom. The highest BCUT2D eigenvalue weighted by Crippen LogP contribution is 2.44. The Morgan fingerprint density at radius 3 is 2.69 bits per heavy atom. The summed E-state index contributed by atoms with van der Waals surface area (Å²) in [7, 11) is 0. The highest BCUT2D eigenvalue weighted by molar-refractivity contribution is 7.15. The number of thiophene rings is 1. The zero-order valence-electron chi connectivity index (χ0n) is 15.9. The average molecular weight is 413 g/mol. The molecule has 29 heavy (non-hydrogen) atoms. The molecule has 5 rings (SSSR count). The summed E-state index contributed by atoms with van der Waals surface area (Å²) >= 11 is 1.40. The summed E-state index contributed by atoms with van der Waals surface area (Å²) in [5, 5.41) is 19.8. The van der Waals surface area contributed by atoms with E-state index in [0.717, 1.165) is 41.0 Å². The number of aromatic nitrogens is 1. The van der Waals surface area contributed by atoms with Gasteiger partial charge in [-0.1, -0.05) is 0 Å². The van der Waals surface area contributed by atoms with E-state index in [1.54, 1.807) is 6.92 Å². The average Bonchev–Trinajstić information content (AvgIpc) is 3.42. The fourth-order valence-electron chi connectivity index (χ4n) is 4.44. The molecule has 2 aliphatic carbocycles. The largest absolute Gasteiger partial charge is 0.477 e. The maximum Gasteiger partial charge on any atom is 0.341 e. The van der Waals surface area contributed by atoms with Crippen LogP contribution in [0.15, 0.2) is 23.1 Å². The number of halogens is 1. The third-order valence-electron chi connectivity index (χ3n) is 6.00. The van der Waals surface area contributed by atoms with E-state index < -0.39 is 23.3 Å². The molecule has 0 radical (unpaired) electrons. The Labute approximate surface area is 170 Å². The minimum atomic E-state index is -1.30. The van der Waals surface area contributed by atoms with Crippen molar-refractivity contribution in [1.29, 1.82) is 0 Å². The van der Waals surface area contributed by atoms with Crippen LogP contribution >= 0.6 is 11.3 Å². The number of aryl methyl sites for hydroxylation is 2. The molecule has 3 aromatic rings. The molecule has 5 nitrogen and oxygen atoms in total. The van der Waals surface area contributed by atoms with Gasteiger partial charge in [0.1, 0.15) is 11.4 Å². The third-order valence-corrected chi connectivity index (χ3v) is 7.29. The van der Waals surface area contributed by atoms with Gasteiger partial charge in [0.2, 0.25) is 5.43 Å². The predicted molar refractivity (Wildman–Crippen MR) is 109 cm³/mol. The minimum absolute atomic E-state index is 0.108. The van der Waals surface area contributed by atoms with Crippen molar-refractivity contribution in [3.8, 4) is 10.4 Å². The van der Waals surface area contributed by atoms with E-state index >= 15 is 4.39 Å². The van der Waals surface area contributed by atoms with E-state index in [4.69, 9.17) is 0 Å². The molecule has 0 saturated heterocycles. The van der Waals surface area contributed by atoms with Crippen molar-refractivity contribution in [2.24, 2.45) is 0 Å². The van der Waals surface area contributed by atoms with Crippen LogP contribution in [0.5, 0.6) is 0 Å². The summed E-state index contributed by atoms with van der Waals surface area (Å²) < 4.78 is 17.1. The number of carbonyl (C=O) groups is 1. The van der Waals surface area contributed by atoms with Gasteiger partial charge in [-0.3, -0.25) is 4.79 Å². The van der Waals surface area contributed by atoms with E-state index in [-0.39, 0.29) is 17.0 Å². The Morgan fingerprint density at radius 2 is 2.03 bits per heavy atom. The minimum Gasteiger partial charge on any atom is -0.477 e. The smallest absolute Gasteiger partial charge is 0.341 e. The van der Waals surface area contributed by atoms with Crippen LogP contribution in [0.2, 0.25) is 0 Å². The van der Waals surface area contributed by atoms with Crippen molar-refractivity contribution >= 4 is 28.2 Å². The number of aliphatic hydroxyl groups is 1. The molecular formula is C22H20FNO4S. The summed E-state index contributed by atoms with van der Waals surface area (Å²) in [6, 6.07) is 3.26. The lowest BCUT2D eigenvalue weighted by Crippen LogP contribution is -2.19. The molecule has 0 spiro atoms. The van der Waals surface area contributed by atoms with E-state index in [0.29, 0.717) is 23.1 Å². The summed E-state index contributed by atoms with van der Waals surface area (Å²) in [6.45, 7) is 1.79. The first-order valence-corrected chi connectivity index (χ1v) is 10.6. The van der Waals surface area contributed by atoms with Gasteiger partial charge in [0.05, 0.1) is 11.6 Å². The summed E-state index contributed by atoms with van der Waals surface area (Å²) in [4.78, 5) is 25.9. The van der Waals surface area contributed by atoms with Crippen LogP contribution in [0.1, 0.15) is 64.2 Å². The SMILES string of the molecule is Cc1c(-c2cc3c(s2)C(O)CCC3)c(F)cc2c(=O)c(C(=O)O)cn(C3CC3)c12. The van der Waals surface area contributed by atoms with Gasteiger partial charge in [-0.2, -0.15) is 0 Å². The van der Waals surface area contributed by atoms with E-state index in [9.17, 15) is 19.8 Å². The zero-order valence-corrected chi connectivity index (χ0v) is 16.7. The fraction of sp³-hybridized carbons (Fsp3) is 0.364. The summed E-state index contributed by atoms with van der Waals surface area (Å²) in [5.41, 5.74) is 1.74. The van der Waals surface area contributed by atoms with Crippen LogP contribution in [0.4, 0.5) is 4.39 Å². The van der Waals surface area contributed by atoms with Gasteiger partial charge >= 0.3 is 5.97 Å². The van der Waals surface area contributed by atoms with Gasteiger partial charge < -0.3 is 14.8 Å². The van der Waals surface area contributed by atoms with Crippen molar-refractivity contribution in [2.45, 2.75) is 51.2 Å². The molecule has 2 heterocycles. The predicted octanol–water partition coefficient (Wildman–Crippen LogP) is 4.58. The first kappa shape index (κ1) is 18.5. The van der Waals surface area contributed by atoms with Gasteiger partial charge in [0.25, 0.3) is 0 Å². The van der Waals surface area contributed by atoms with Crippen molar-refractivity contribution < 1.29 is 19.4 Å². The second kappa shape index (κ2) is 6.50. The van der Waals surface area contributed by atoms with E-state index in [1.165, 1.54) is 23.6 Å². The lowest BCUT2D eigenvalue weighted by molar-refractivity contribution is 0.0694. The fourth-order valence-corrected chi connectivity index (χ4v) is 5.77. The van der Waals surface area contributed by atoms with Crippen LogP contribution in [0, 0.1) is 12.7 Å². The Kier molecular flexibility index (Phi) is 4.15. The second-order valence-electron chi connectivity index (χ2n) is 7.98. The molecule has 7 heteroatoms. The molecule has 0 aliphatic heterocycles. The quantitative estimate of drug-likeness (QED) is 0.659. The number of hydrogen-bond acceptors (Lipinski definition) is 4. The molecule has 0 amide bonds. The van der Waals surface area contributed by atoms with E-state index in [2.05, 4.69) is 0 Å². The van der Waals surface area contributed by atoms with Gasteiger partial charge in [0, 0.05) is 32.9 Å². The maximum absolute atomic E-state index is 15.2. The maximum atomic E-state index is 15.2. The topological polar surface area (TPSA) is 79.5 Å². The lowest BCUT2D eigenvalue weighted by atomic mass is 9.95. The normalized spacial score (nSPS) is 18.8. The van der Waals surface area contributed by atoms with Crippen molar-refractivity contribution in [1.82, 2.24) is 4.57 Å². The molecule has 1 aromatic carbocycles. The van der Waals surface area contributed by atoms with Gasteiger partial charge in [-0.05, 0) is 62.3 Å². The Bertz CT molecular complexity index is 1240. The molecule has 2 aromatic heterocycles. The number of hydrogen-bond donors (Lipinski definition) is 2. The third kappa shape index (κ3) is 2.83. The lowest BCUT2D eigenvalue weighted by Gasteiger charge is -2.17. The van der Waals surface area contributed by atoms with Crippen LogP contribution in [-0.2, 0) is 6.42 Å². The van der Waals surface area contributed by atoms with Crippen LogP contribution in [0.3, 0.4) is 0 Å². The molecule has 150 valence electrons. The monoisotopic (exact) mass is 413 g/mol. The number of pyridine rings is 1. The molecule has 2 N–H and O–H groups in total. The van der Waals surface area contributed by atoms with Gasteiger partial charge in [0.15, 0.2) is 0 Å². The number of aromatic carboxylic acids is 1. The van der Waals surface area contributed by atoms with Crippen molar-refractivity contribution in [2.75, 3.05) is 0 Å². The van der Waals surface area contributed by atoms with Crippen molar-refractivity contribution in [3.05, 3.63) is 55.9 Å². The number of carboxylic acids is 1. The Balaban J connectivity index is 1.81. The molecule has 2 aliphatic rings. The van der Waals surface area contributed by atoms with Crippen LogP contribution in [0.25, 0.3) is 21.3 Å². The number of nitrogens with zero attached hydrogens (tertiary/aromatic N) is 1. The first-order chi connectivity index (χ1) is 13.9. The number of fused-ring (bicyclic) bond motifs is 2. The molecular weight excluding hydrogens is 393 g/mol. The second-order valence-corrected chi connectivity index (χ2v) is 9.06. The number of benzene rings is 1. The molecule has 1 unspecified atom stereocenters. The van der Waals surface area contributed by atoms with Gasteiger partial charge in [-0.25, -0.2) is 9.18 Å². The molecule has 1 fully saturated rings. The van der Waals surface area contributed by atoms with Crippen molar-refractivity contribution in [3.63, 3.8) is 0 Å². The highest BCUT2D eigenvalue weighted by Gasteiger charge is 2.30. The van der Waals surface area contributed by atoms with Gasteiger partial charge in [-0.15, -0.1) is 11.3 Å². The van der Waals surface area contributed by atoms with E-state index in [1.807, 2.05) is 10.6 Å². The number of carboxylic acid groups (broad SMARTS) is 1. The zero-order chi connectivity index (χ0) is 20.4. The number of aliphatic hydroxyl groups excluding tert-OH is 1. The molecule has 0 bridgehead atoms. The standard InChI is InChI=1S/C22H20FNO4S/c1-10-18(17-7-11-3-2-4-16(25)21(11)29-17)15(23)8-13-19(10)24(12-5-6-12)9-14(20(13)26)22(27)28/h7-9,12,16,25H,2-6H2,1H3,(H,27,28). The first-order valence-electron chi connectivity index (χ1n) is 9.79. The highest BCUT2D eigenvalue weighted by atomic mass is 32.1.